The zero-order valence-corrected chi connectivity index (χ0v) is 14.1. The minimum atomic E-state index is 0.601. The summed E-state index contributed by atoms with van der Waals surface area (Å²) in [6.07, 6.45) is 5.07. The summed E-state index contributed by atoms with van der Waals surface area (Å²) in [5.74, 6) is 0.741. The summed E-state index contributed by atoms with van der Waals surface area (Å²) in [6, 6.07) is 18.1. The molecule has 3 rings (SSSR count). The number of benzene rings is 2. The molecule has 110 valence electrons. The maximum Gasteiger partial charge on any atom is 0.0486 e. The van der Waals surface area contributed by atoms with Crippen molar-refractivity contribution in [3.8, 4) is 0 Å². The van der Waals surface area contributed by atoms with Crippen LogP contribution < -0.4 is 5.32 Å². The van der Waals surface area contributed by atoms with Gasteiger partial charge in [-0.15, -0.1) is 0 Å². The van der Waals surface area contributed by atoms with E-state index in [1.54, 1.807) is 0 Å². The number of aryl methyl sites for hydroxylation is 1. The molecular formula is C19H22BrN. The van der Waals surface area contributed by atoms with Crippen LogP contribution in [0.15, 0.2) is 53.0 Å². The standard InChI is InChI=1S/C19H22BrN/c1-14-7-12-19(18(20)13-14)21-17-10-8-16(9-11-17)15-5-3-2-4-6-15/h2-7,12-13,16-17,21H,8-11H2,1H3. The van der Waals surface area contributed by atoms with E-state index in [1.165, 1.54) is 47.0 Å². The Bertz CT molecular complexity index is 586. The second-order valence-corrected chi connectivity index (χ2v) is 6.94. The van der Waals surface area contributed by atoms with Gasteiger partial charge in [-0.25, -0.2) is 0 Å². The molecule has 1 aliphatic rings. The number of rotatable bonds is 3. The summed E-state index contributed by atoms with van der Waals surface area (Å²) in [6.45, 7) is 2.12. The van der Waals surface area contributed by atoms with E-state index in [9.17, 15) is 0 Å². The molecule has 0 aromatic heterocycles. The highest BCUT2D eigenvalue weighted by molar-refractivity contribution is 9.10. The van der Waals surface area contributed by atoms with Crippen LogP contribution in [0.5, 0.6) is 0 Å². The van der Waals surface area contributed by atoms with E-state index < -0.39 is 0 Å². The predicted octanol–water partition coefficient (Wildman–Crippen LogP) is 5.90. The molecule has 21 heavy (non-hydrogen) atoms. The van der Waals surface area contributed by atoms with Crippen molar-refractivity contribution in [2.24, 2.45) is 0 Å². The van der Waals surface area contributed by atoms with Crippen LogP contribution in [-0.2, 0) is 0 Å². The summed E-state index contributed by atoms with van der Waals surface area (Å²) < 4.78 is 1.17. The summed E-state index contributed by atoms with van der Waals surface area (Å²) in [4.78, 5) is 0. The monoisotopic (exact) mass is 343 g/mol. The van der Waals surface area contributed by atoms with Crippen molar-refractivity contribution < 1.29 is 0 Å². The molecule has 2 aromatic carbocycles. The zero-order valence-electron chi connectivity index (χ0n) is 12.5. The van der Waals surface area contributed by atoms with Gasteiger partial charge in [0, 0.05) is 16.2 Å². The van der Waals surface area contributed by atoms with Crippen molar-refractivity contribution in [1.82, 2.24) is 0 Å². The lowest BCUT2D eigenvalue weighted by molar-refractivity contribution is 0.412. The van der Waals surface area contributed by atoms with E-state index in [4.69, 9.17) is 0 Å². The molecule has 1 saturated carbocycles. The summed E-state index contributed by atoms with van der Waals surface area (Å²) in [5, 5.41) is 3.70. The zero-order chi connectivity index (χ0) is 14.7. The smallest absolute Gasteiger partial charge is 0.0486 e. The fourth-order valence-electron chi connectivity index (χ4n) is 3.25. The highest BCUT2D eigenvalue weighted by atomic mass is 79.9. The topological polar surface area (TPSA) is 12.0 Å². The first-order valence-corrected chi connectivity index (χ1v) is 8.59. The molecule has 0 atom stereocenters. The Balaban J connectivity index is 1.59. The minimum absolute atomic E-state index is 0.601. The fraction of sp³-hybridized carbons (Fsp3) is 0.368. The van der Waals surface area contributed by atoms with Crippen LogP contribution in [0.4, 0.5) is 5.69 Å². The molecule has 0 amide bonds. The van der Waals surface area contributed by atoms with E-state index in [1.807, 2.05) is 0 Å². The number of hydrogen-bond donors (Lipinski definition) is 1. The van der Waals surface area contributed by atoms with Crippen LogP contribution in [0, 0.1) is 6.92 Å². The van der Waals surface area contributed by atoms with Gasteiger partial charge in [-0.1, -0.05) is 36.4 Å². The first kappa shape index (κ1) is 14.6. The lowest BCUT2D eigenvalue weighted by Gasteiger charge is -2.30. The average molecular weight is 344 g/mol. The molecule has 0 radical (unpaired) electrons. The van der Waals surface area contributed by atoms with E-state index >= 15 is 0 Å². The molecular weight excluding hydrogens is 322 g/mol. The van der Waals surface area contributed by atoms with Crippen molar-refractivity contribution in [3.05, 3.63) is 64.1 Å². The third-order valence-electron chi connectivity index (χ3n) is 4.48. The van der Waals surface area contributed by atoms with Gasteiger partial charge in [0.1, 0.15) is 0 Å². The maximum atomic E-state index is 3.70. The number of hydrogen-bond acceptors (Lipinski definition) is 1. The van der Waals surface area contributed by atoms with Crippen molar-refractivity contribution in [2.75, 3.05) is 5.32 Å². The molecule has 0 spiro atoms. The average Bonchev–Trinajstić information content (AvgIpc) is 2.52. The Hall–Kier alpha value is -1.28. The molecule has 2 aromatic rings. The van der Waals surface area contributed by atoms with Gasteiger partial charge in [-0.3, -0.25) is 0 Å². The minimum Gasteiger partial charge on any atom is -0.381 e. The Morgan fingerprint density at radius 3 is 2.33 bits per heavy atom. The van der Waals surface area contributed by atoms with E-state index in [2.05, 4.69) is 76.7 Å². The molecule has 2 heteroatoms. The molecule has 0 unspecified atom stereocenters. The second-order valence-electron chi connectivity index (χ2n) is 6.09. The van der Waals surface area contributed by atoms with E-state index in [0.29, 0.717) is 6.04 Å². The lowest BCUT2D eigenvalue weighted by Crippen LogP contribution is -2.25. The van der Waals surface area contributed by atoms with Crippen LogP contribution in [0.25, 0.3) is 0 Å². The Morgan fingerprint density at radius 2 is 1.67 bits per heavy atom. The molecule has 1 fully saturated rings. The van der Waals surface area contributed by atoms with Crippen LogP contribution in [-0.4, -0.2) is 6.04 Å². The Labute approximate surface area is 135 Å². The van der Waals surface area contributed by atoms with Gasteiger partial charge in [0.15, 0.2) is 0 Å². The molecule has 1 nitrogen and oxygen atoms in total. The Kier molecular flexibility index (Phi) is 4.64. The second kappa shape index (κ2) is 6.65. The van der Waals surface area contributed by atoms with Gasteiger partial charge < -0.3 is 5.32 Å². The summed E-state index contributed by atoms with van der Waals surface area (Å²) >= 11 is 3.66. The predicted molar refractivity (Wildman–Crippen MR) is 93.9 cm³/mol. The van der Waals surface area contributed by atoms with Crippen molar-refractivity contribution in [3.63, 3.8) is 0 Å². The van der Waals surface area contributed by atoms with Gasteiger partial charge in [0.25, 0.3) is 0 Å². The molecule has 0 aliphatic heterocycles. The van der Waals surface area contributed by atoms with E-state index in [0.717, 1.165) is 5.92 Å². The largest absolute Gasteiger partial charge is 0.381 e. The highest BCUT2D eigenvalue weighted by Gasteiger charge is 2.22. The van der Waals surface area contributed by atoms with Crippen LogP contribution in [0.3, 0.4) is 0 Å². The fourth-order valence-corrected chi connectivity index (χ4v) is 3.86. The lowest BCUT2D eigenvalue weighted by atomic mass is 9.82. The SMILES string of the molecule is Cc1ccc(NC2CCC(c3ccccc3)CC2)c(Br)c1. The normalized spacial score (nSPS) is 22.0. The number of anilines is 1. The van der Waals surface area contributed by atoms with Gasteiger partial charge >= 0.3 is 0 Å². The number of halogens is 1. The third kappa shape index (κ3) is 3.68. The van der Waals surface area contributed by atoms with Crippen molar-refractivity contribution in [1.29, 1.82) is 0 Å². The van der Waals surface area contributed by atoms with Gasteiger partial charge in [-0.05, 0) is 77.7 Å². The first-order chi connectivity index (χ1) is 10.2. The van der Waals surface area contributed by atoms with Crippen LogP contribution in [0.2, 0.25) is 0 Å². The van der Waals surface area contributed by atoms with Gasteiger partial charge in [0.2, 0.25) is 0 Å². The number of nitrogens with one attached hydrogen (secondary N) is 1. The molecule has 0 saturated heterocycles. The maximum absolute atomic E-state index is 3.70. The Morgan fingerprint density at radius 1 is 0.952 bits per heavy atom. The van der Waals surface area contributed by atoms with Gasteiger partial charge in [-0.2, -0.15) is 0 Å². The molecule has 1 N–H and O–H groups in total. The highest BCUT2D eigenvalue weighted by Crippen LogP contribution is 2.35. The molecule has 0 heterocycles. The quantitative estimate of drug-likeness (QED) is 0.731. The van der Waals surface area contributed by atoms with Crippen molar-refractivity contribution >= 4 is 21.6 Å². The van der Waals surface area contributed by atoms with E-state index in [-0.39, 0.29) is 0 Å². The molecule has 0 bridgehead atoms. The van der Waals surface area contributed by atoms with Gasteiger partial charge in [0.05, 0.1) is 0 Å². The van der Waals surface area contributed by atoms with Crippen molar-refractivity contribution in [2.45, 2.75) is 44.6 Å². The molecule has 1 aliphatic carbocycles. The van der Waals surface area contributed by atoms with Crippen LogP contribution >= 0.6 is 15.9 Å². The summed E-state index contributed by atoms with van der Waals surface area (Å²) in [7, 11) is 0. The third-order valence-corrected chi connectivity index (χ3v) is 5.14. The first-order valence-electron chi connectivity index (χ1n) is 7.80. The van der Waals surface area contributed by atoms with Crippen LogP contribution in [0.1, 0.15) is 42.7 Å². The summed E-state index contributed by atoms with van der Waals surface area (Å²) in [5.41, 5.74) is 4.02.